The molecule has 0 unspecified atom stereocenters. The molecule has 2 aromatic rings. The first-order chi connectivity index (χ1) is 11.1. The number of nitrogens with zero attached hydrogens (tertiary/aromatic N) is 1. The van der Waals surface area contributed by atoms with E-state index >= 15 is 0 Å². The van der Waals surface area contributed by atoms with Crippen molar-refractivity contribution in [1.29, 1.82) is 0 Å². The Balaban J connectivity index is 1.92. The van der Waals surface area contributed by atoms with Gasteiger partial charge in [0.25, 0.3) is 15.9 Å². The molecule has 0 radical (unpaired) electrons. The van der Waals surface area contributed by atoms with E-state index in [1.807, 2.05) is 43.3 Å². The number of thioether (sulfide) groups is 1. The summed E-state index contributed by atoms with van der Waals surface area (Å²) in [5.41, 5.74) is 1.16. The zero-order valence-electron chi connectivity index (χ0n) is 12.7. The molecule has 23 heavy (non-hydrogen) atoms. The van der Waals surface area contributed by atoms with E-state index in [0.29, 0.717) is 12.0 Å². The normalized spacial score (nSPS) is 15.7. The number of aryl methyl sites for hydroxylation is 1. The molecule has 2 aromatic carbocycles. The highest BCUT2D eigenvalue weighted by Gasteiger charge is 2.42. The van der Waals surface area contributed by atoms with Gasteiger partial charge in [0, 0.05) is 4.90 Å². The summed E-state index contributed by atoms with van der Waals surface area (Å²) in [6.07, 6.45) is 1.56. The molecule has 0 N–H and O–H groups in total. The Bertz CT molecular complexity index is 832. The second kappa shape index (κ2) is 6.37. The fourth-order valence-corrected chi connectivity index (χ4v) is 5.36. The van der Waals surface area contributed by atoms with Gasteiger partial charge in [0.05, 0.1) is 11.4 Å². The molecule has 0 saturated heterocycles. The van der Waals surface area contributed by atoms with Crippen LogP contribution in [0, 0.1) is 0 Å². The van der Waals surface area contributed by atoms with Crippen LogP contribution in [0.1, 0.15) is 29.3 Å². The van der Waals surface area contributed by atoms with Crippen molar-refractivity contribution in [3.63, 3.8) is 0 Å². The van der Waals surface area contributed by atoms with Gasteiger partial charge in [-0.15, -0.1) is 11.8 Å². The van der Waals surface area contributed by atoms with Crippen LogP contribution in [0.25, 0.3) is 0 Å². The lowest BCUT2D eigenvalue weighted by Crippen LogP contribution is -2.29. The molecule has 1 heterocycles. The minimum Gasteiger partial charge on any atom is -0.268 e. The Morgan fingerprint density at radius 2 is 1.78 bits per heavy atom. The van der Waals surface area contributed by atoms with E-state index in [4.69, 9.17) is 0 Å². The summed E-state index contributed by atoms with van der Waals surface area (Å²) < 4.78 is 26.3. The molecule has 0 spiro atoms. The standard InChI is InChI=1S/C17H17NO3S2/c1-2-7-13-8-6-11-15-16(13)17(19)18(23(15,20)21)12-22-14-9-4-3-5-10-14/h3-6,8-11H,2,7,12H2,1H3. The smallest absolute Gasteiger partial charge is 0.268 e. The van der Waals surface area contributed by atoms with E-state index in [1.165, 1.54) is 17.8 Å². The van der Waals surface area contributed by atoms with Crippen LogP contribution in [-0.2, 0) is 16.4 Å². The van der Waals surface area contributed by atoms with Gasteiger partial charge in [-0.3, -0.25) is 4.79 Å². The topological polar surface area (TPSA) is 54.5 Å². The van der Waals surface area contributed by atoms with Crippen molar-refractivity contribution in [3.8, 4) is 0 Å². The lowest BCUT2D eigenvalue weighted by atomic mass is 10.0. The second-order valence-corrected chi connectivity index (χ2v) is 8.13. The maximum absolute atomic E-state index is 12.7. The summed E-state index contributed by atoms with van der Waals surface area (Å²) in [5, 5.41) is 0. The fourth-order valence-electron chi connectivity index (χ4n) is 2.64. The molecule has 0 atom stereocenters. The zero-order valence-corrected chi connectivity index (χ0v) is 14.4. The van der Waals surface area contributed by atoms with Gasteiger partial charge in [0.15, 0.2) is 0 Å². The Morgan fingerprint density at radius 3 is 2.48 bits per heavy atom. The zero-order chi connectivity index (χ0) is 16.4. The number of amides is 1. The van der Waals surface area contributed by atoms with E-state index in [9.17, 15) is 13.2 Å². The van der Waals surface area contributed by atoms with Crippen molar-refractivity contribution < 1.29 is 13.2 Å². The van der Waals surface area contributed by atoms with Crippen LogP contribution in [0.3, 0.4) is 0 Å². The van der Waals surface area contributed by atoms with Gasteiger partial charge in [-0.25, -0.2) is 12.7 Å². The molecule has 0 fully saturated rings. The van der Waals surface area contributed by atoms with Crippen LogP contribution < -0.4 is 0 Å². The van der Waals surface area contributed by atoms with Gasteiger partial charge in [-0.05, 0) is 30.2 Å². The highest BCUT2D eigenvalue weighted by molar-refractivity contribution is 8.00. The fraction of sp³-hybridized carbons (Fsp3) is 0.235. The Hall–Kier alpha value is -1.79. The Kier molecular flexibility index (Phi) is 4.46. The van der Waals surface area contributed by atoms with E-state index in [-0.39, 0.29) is 10.8 Å². The summed E-state index contributed by atoms with van der Waals surface area (Å²) in [4.78, 5) is 13.7. The molecular formula is C17H17NO3S2. The van der Waals surface area contributed by atoms with Gasteiger partial charge in [-0.2, -0.15) is 0 Å². The summed E-state index contributed by atoms with van der Waals surface area (Å²) in [5.74, 6) is -0.321. The average Bonchev–Trinajstić information content (AvgIpc) is 2.74. The molecular weight excluding hydrogens is 330 g/mol. The van der Waals surface area contributed by atoms with Crippen molar-refractivity contribution in [3.05, 3.63) is 59.7 Å². The molecule has 1 amide bonds. The van der Waals surface area contributed by atoms with Crippen molar-refractivity contribution in [2.45, 2.75) is 29.6 Å². The first-order valence-electron chi connectivity index (χ1n) is 7.42. The molecule has 1 aliphatic heterocycles. The van der Waals surface area contributed by atoms with E-state index in [0.717, 1.165) is 21.2 Å². The molecule has 0 saturated carbocycles. The number of benzene rings is 2. The summed E-state index contributed by atoms with van der Waals surface area (Å²) in [6, 6.07) is 14.5. The first-order valence-corrected chi connectivity index (χ1v) is 9.85. The SMILES string of the molecule is CCCc1cccc2c1C(=O)N(CSc1ccccc1)S2(=O)=O. The number of hydrogen-bond acceptors (Lipinski definition) is 4. The van der Waals surface area contributed by atoms with Crippen LogP contribution in [0.5, 0.6) is 0 Å². The van der Waals surface area contributed by atoms with Gasteiger partial charge < -0.3 is 0 Å². The van der Waals surface area contributed by atoms with E-state index in [1.54, 1.807) is 6.07 Å². The number of fused-ring (bicyclic) bond motifs is 1. The Labute approximate surface area is 140 Å². The average molecular weight is 347 g/mol. The molecule has 0 aliphatic carbocycles. The monoisotopic (exact) mass is 347 g/mol. The highest BCUT2D eigenvalue weighted by atomic mass is 32.2. The molecule has 120 valence electrons. The largest absolute Gasteiger partial charge is 0.270 e. The number of hydrogen-bond donors (Lipinski definition) is 0. The van der Waals surface area contributed by atoms with Crippen LogP contribution in [-0.4, -0.2) is 24.5 Å². The maximum Gasteiger partial charge on any atom is 0.270 e. The third kappa shape index (κ3) is 2.88. The number of carbonyl (C=O) groups is 1. The van der Waals surface area contributed by atoms with Crippen LogP contribution in [0.15, 0.2) is 58.3 Å². The van der Waals surface area contributed by atoms with E-state index in [2.05, 4.69) is 0 Å². The van der Waals surface area contributed by atoms with E-state index < -0.39 is 15.9 Å². The van der Waals surface area contributed by atoms with Crippen LogP contribution in [0.2, 0.25) is 0 Å². The predicted octanol–water partition coefficient (Wildman–Crippen LogP) is 3.53. The van der Waals surface area contributed by atoms with Crippen molar-refractivity contribution in [2.24, 2.45) is 0 Å². The van der Waals surface area contributed by atoms with Gasteiger partial charge in [0.1, 0.15) is 4.90 Å². The third-order valence-corrected chi connectivity index (χ3v) is 6.66. The minimum absolute atomic E-state index is 0.0887. The molecule has 3 rings (SSSR count). The van der Waals surface area contributed by atoms with Crippen molar-refractivity contribution in [2.75, 3.05) is 5.88 Å². The molecule has 4 nitrogen and oxygen atoms in total. The number of carbonyl (C=O) groups excluding carboxylic acids is 1. The molecule has 1 aliphatic rings. The van der Waals surface area contributed by atoms with Gasteiger partial charge >= 0.3 is 0 Å². The predicted molar refractivity (Wildman–Crippen MR) is 91.0 cm³/mol. The lowest BCUT2D eigenvalue weighted by molar-refractivity contribution is 0.0886. The summed E-state index contributed by atoms with van der Waals surface area (Å²) in [7, 11) is -3.74. The minimum atomic E-state index is -3.74. The molecule has 0 bridgehead atoms. The molecule has 0 aromatic heterocycles. The van der Waals surface area contributed by atoms with Crippen molar-refractivity contribution in [1.82, 2.24) is 4.31 Å². The Morgan fingerprint density at radius 1 is 1.04 bits per heavy atom. The van der Waals surface area contributed by atoms with Crippen molar-refractivity contribution >= 4 is 27.7 Å². The van der Waals surface area contributed by atoms with Crippen LogP contribution >= 0.6 is 11.8 Å². The quantitative estimate of drug-likeness (QED) is 0.777. The lowest BCUT2D eigenvalue weighted by Gasteiger charge is -2.14. The number of sulfonamides is 1. The van der Waals surface area contributed by atoms with Crippen LogP contribution in [0.4, 0.5) is 0 Å². The summed E-state index contributed by atoms with van der Waals surface area (Å²) in [6.45, 7) is 2.01. The first kappa shape index (κ1) is 16.1. The highest BCUT2D eigenvalue weighted by Crippen LogP contribution is 2.35. The van der Waals surface area contributed by atoms with Gasteiger partial charge in [0.2, 0.25) is 0 Å². The maximum atomic E-state index is 12.7. The summed E-state index contributed by atoms with van der Waals surface area (Å²) >= 11 is 1.34. The number of rotatable bonds is 5. The van der Waals surface area contributed by atoms with Gasteiger partial charge in [-0.1, -0.05) is 43.7 Å². The molecule has 6 heteroatoms. The third-order valence-electron chi connectivity index (χ3n) is 3.73. The second-order valence-electron chi connectivity index (χ2n) is 5.29.